The number of nitrogen functional groups attached to an aromatic ring is 1. The molecule has 0 atom stereocenters. The summed E-state index contributed by atoms with van der Waals surface area (Å²) in [5, 5.41) is 2.66. The van der Waals surface area contributed by atoms with Crippen molar-refractivity contribution in [3.05, 3.63) is 103 Å². The van der Waals surface area contributed by atoms with Crippen LogP contribution in [0.15, 0.2) is 102 Å². The zero-order valence-corrected chi connectivity index (χ0v) is 21.3. The Morgan fingerprint density at radius 3 is 2.24 bits per heavy atom. The van der Waals surface area contributed by atoms with E-state index in [4.69, 9.17) is 5.73 Å². The first-order chi connectivity index (χ1) is 17.5. The van der Waals surface area contributed by atoms with Crippen molar-refractivity contribution < 1.29 is 21.6 Å². The summed E-state index contributed by atoms with van der Waals surface area (Å²) in [5.74, 6) is -0.442. The summed E-state index contributed by atoms with van der Waals surface area (Å²) >= 11 is 0. The largest absolute Gasteiger partial charge is 0.397 e. The zero-order chi connectivity index (χ0) is 26.6. The van der Waals surface area contributed by atoms with Crippen LogP contribution in [0.2, 0.25) is 0 Å². The quantitative estimate of drug-likeness (QED) is 0.230. The number of nitrogens with one attached hydrogen (secondary N) is 2. The van der Waals surface area contributed by atoms with Gasteiger partial charge in [-0.1, -0.05) is 54.6 Å². The van der Waals surface area contributed by atoms with E-state index in [0.717, 1.165) is 10.2 Å². The fourth-order valence-electron chi connectivity index (χ4n) is 3.64. The standard InChI is InChI=1S/C26H24N4O5S2/c1-36(32,33)29-24-13-7-10-21(20-8-3-2-4-9-20)26(24)37(34,35)30-17-16-19(18-30)14-15-25(31)28-23-12-6-5-11-22(23)27/h2-18,29H,27H2,1H3,(H,28,31)/b15-14+. The van der Waals surface area contributed by atoms with Gasteiger partial charge in [0.05, 0.1) is 23.3 Å². The number of carbonyl (C=O) groups excluding carboxylic acids is 1. The number of rotatable bonds is 8. The number of hydrogen-bond donors (Lipinski definition) is 3. The predicted octanol–water partition coefficient (Wildman–Crippen LogP) is 4.00. The first kappa shape index (κ1) is 25.7. The molecule has 1 heterocycles. The Morgan fingerprint density at radius 2 is 1.54 bits per heavy atom. The number of amides is 1. The molecular formula is C26H24N4O5S2. The molecule has 0 radical (unpaired) electrons. The van der Waals surface area contributed by atoms with Gasteiger partial charge in [0.1, 0.15) is 4.90 Å². The Bertz CT molecular complexity index is 1690. The highest BCUT2D eigenvalue weighted by atomic mass is 32.2. The van der Waals surface area contributed by atoms with E-state index >= 15 is 0 Å². The highest BCUT2D eigenvalue weighted by molar-refractivity contribution is 7.92. The van der Waals surface area contributed by atoms with Crippen molar-refractivity contribution >= 4 is 49.1 Å². The second-order valence-electron chi connectivity index (χ2n) is 8.11. The summed E-state index contributed by atoms with van der Waals surface area (Å²) in [6, 6.07) is 21.7. The first-order valence-electron chi connectivity index (χ1n) is 11.0. The van der Waals surface area contributed by atoms with Crippen LogP contribution >= 0.6 is 0 Å². The molecular weight excluding hydrogens is 512 g/mol. The molecule has 0 spiro atoms. The molecule has 0 unspecified atom stereocenters. The van der Waals surface area contributed by atoms with Gasteiger partial charge in [-0.2, -0.15) is 0 Å². The molecule has 0 bridgehead atoms. The Hall–Kier alpha value is -4.35. The second kappa shape index (κ2) is 10.3. The lowest BCUT2D eigenvalue weighted by atomic mass is 10.1. The van der Waals surface area contributed by atoms with Crippen LogP contribution in [0.25, 0.3) is 17.2 Å². The lowest BCUT2D eigenvalue weighted by Gasteiger charge is -2.16. The average molecular weight is 537 g/mol. The van der Waals surface area contributed by atoms with E-state index in [2.05, 4.69) is 10.0 Å². The van der Waals surface area contributed by atoms with Crippen molar-refractivity contribution in [3.8, 4) is 11.1 Å². The van der Waals surface area contributed by atoms with Gasteiger partial charge >= 0.3 is 0 Å². The SMILES string of the molecule is CS(=O)(=O)Nc1cccc(-c2ccccc2)c1S(=O)(=O)n1ccc(/C=C/C(=O)Nc2ccccc2N)c1. The third kappa shape index (κ3) is 6.08. The van der Waals surface area contributed by atoms with Crippen molar-refractivity contribution in [2.24, 2.45) is 0 Å². The van der Waals surface area contributed by atoms with E-state index in [1.165, 1.54) is 36.7 Å². The van der Waals surface area contributed by atoms with Crippen molar-refractivity contribution in [1.29, 1.82) is 0 Å². The molecule has 3 aromatic carbocycles. The van der Waals surface area contributed by atoms with Crippen LogP contribution < -0.4 is 15.8 Å². The Balaban J connectivity index is 1.69. The second-order valence-corrected chi connectivity index (χ2v) is 11.6. The first-order valence-corrected chi connectivity index (χ1v) is 14.3. The van der Waals surface area contributed by atoms with Crippen LogP contribution in [0.3, 0.4) is 0 Å². The molecule has 4 N–H and O–H groups in total. The molecule has 0 aliphatic heterocycles. The van der Waals surface area contributed by atoms with Gasteiger partial charge < -0.3 is 11.1 Å². The monoisotopic (exact) mass is 536 g/mol. The number of carbonyl (C=O) groups is 1. The molecule has 11 heteroatoms. The van der Waals surface area contributed by atoms with E-state index in [1.54, 1.807) is 66.7 Å². The number of aromatic nitrogens is 1. The van der Waals surface area contributed by atoms with Crippen molar-refractivity contribution in [2.75, 3.05) is 22.0 Å². The lowest BCUT2D eigenvalue weighted by Crippen LogP contribution is -2.18. The van der Waals surface area contributed by atoms with E-state index in [-0.39, 0.29) is 10.6 Å². The van der Waals surface area contributed by atoms with Crippen molar-refractivity contribution in [1.82, 2.24) is 3.97 Å². The fourth-order valence-corrected chi connectivity index (χ4v) is 5.83. The molecule has 9 nitrogen and oxygen atoms in total. The average Bonchev–Trinajstić information content (AvgIpc) is 3.34. The minimum Gasteiger partial charge on any atom is -0.397 e. The Labute approximate surface area is 215 Å². The summed E-state index contributed by atoms with van der Waals surface area (Å²) in [7, 11) is -8.03. The van der Waals surface area contributed by atoms with Gasteiger partial charge in [0.2, 0.25) is 15.9 Å². The van der Waals surface area contributed by atoms with E-state index in [0.29, 0.717) is 28.1 Å². The predicted molar refractivity (Wildman–Crippen MR) is 146 cm³/mol. The number of benzene rings is 3. The smallest absolute Gasteiger partial charge is 0.270 e. The number of para-hydroxylation sites is 2. The van der Waals surface area contributed by atoms with Crippen molar-refractivity contribution in [2.45, 2.75) is 4.90 Å². The number of nitrogens with zero attached hydrogens (tertiary/aromatic N) is 1. The Morgan fingerprint density at radius 1 is 0.865 bits per heavy atom. The van der Waals surface area contributed by atoms with Crippen molar-refractivity contribution in [3.63, 3.8) is 0 Å². The third-order valence-corrected chi connectivity index (χ3v) is 7.60. The maximum Gasteiger partial charge on any atom is 0.270 e. The maximum absolute atomic E-state index is 13.8. The van der Waals surface area contributed by atoms with Gasteiger partial charge in [-0.3, -0.25) is 9.52 Å². The van der Waals surface area contributed by atoms with Gasteiger partial charge in [-0.25, -0.2) is 20.8 Å². The third-order valence-electron chi connectivity index (χ3n) is 5.27. The molecule has 0 saturated heterocycles. The summed E-state index contributed by atoms with van der Waals surface area (Å²) in [6.07, 6.45) is 6.33. The van der Waals surface area contributed by atoms with Crippen LogP contribution in [0.4, 0.5) is 17.1 Å². The Kier molecular flexibility index (Phi) is 7.18. The van der Waals surface area contributed by atoms with Crippen LogP contribution in [-0.4, -0.2) is 33.0 Å². The molecule has 190 valence electrons. The van der Waals surface area contributed by atoms with Gasteiger partial charge in [0.25, 0.3) is 10.0 Å². The molecule has 37 heavy (non-hydrogen) atoms. The van der Waals surface area contributed by atoms with Gasteiger partial charge in [0.15, 0.2) is 0 Å². The summed E-state index contributed by atoms with van der Waals surface area (Å²) in [6.45, 7) is 0. The summed E-state index contributed by atoms with van der Waals surface area (Å²) in [4.78, 5) is 12.1. The van der Waals surface area contributed by atoms with Gasteiger partial charge in [-0.05, 0) is 41.5 Å². The summed E-state index contributed by atoms with van der Waals surface area (Å²) < 4.78 is 54.8. The van der Waals surface area contributed by atoms with E-state index < -0.39 is 26.0 Å². The molecule has 1 aromatic heterocycles. The summed E-state index contributed by atoms with van der Waals surface area (Å²) in [5.41, 5.74) is 8.01. The lowest BCUT2D eigenvalue weighted by molar-refractivity contribution is -0.111. The van der Waals surface area contributed by atoms with Gasteiger partial charge in [0, 0.05) is 24.0 Å². The molecule has 0 fully saturated rings. The highest BCUT2D eigenvalue weighted by Gasteiger charge is 2.26. The van der Waals surface area contributed by atoms with Gasteiger partial charge in [-0.15, -0.1) is 0 Å². The van der Waals surface area contributed by atoms with Crippen LogP contribution in [0.5, 0.6) is 0 Å². The maximum atomic E-state index is 13.8. The molecule has 0 aliphatic carbocycles. The number of nitrogens with two attached hydrogens (primary N) is 1. The molecule has 4 rings (SSSR count). The number of hydrogen-bond acceptors (Lipinski definition) is 6. The highest BCUT2D eigenvalue weighted by Crippen LogP contribution is 2.35. The van der Waals surface area contributed by atoms with E-state index in [1.807, 2.05) is 0 Å². The van der Waals surface area contributed by atoms with Crippen LogP contribution in [0, 0.1) is 0 Å². The van der Waals surface area contributed by atoms with E-state index in [9.17, 15) is 21.6 Å². The minimum atomic E-state index is -4.25. The molecule has 4 aromatic rings. The topological polar surface area (TPSA) is 140 Å². The van der Waals surface area contributed by atoms with Crippen LogP contribution in [-0.2, 0) is 24.8 Å². The number of sulfonamides is 1. The van der Waals surface area contributed by atoms with Crippen LogP contribution in [0.1, 0.15) is 5.56 Å². The normalized spacial score (nSPS) is 11.9. The number of anilines is 3. The zero-order valence-electron chi connectivity index (χ0n) is 19.7. The fraction of sp³-hybridized carbons (Fsp3) is 0.0385. The molecule has 0 aliphatic rings. The molecule has 1 amide bonds. The molecule has 0 saturated carbocycles. The minimum absolute atomic E-state index is 0.0746.